The lowest BCUT2D eigenvalue weighted by molar-refractivity contribution is 0.0336. The lowest BCUT2D eigenvalue weighted by Gasteiger charge is -2.09. The third-order valence-corrected chi connectivity index (χ3v) is 1.21. The molecule has 0 aliphatic rings. The highest BCUT2D eigenvalue weighted by atomic mass is 16.3. The Kier molecular flexibility index (Phi) is 4.89. The third-order valence-electron chi connectivity index (χ3n) is 1.21. The molecule has 0 radical (unpaired) electrons. The second-order valence-electron chi connectivity index (χ2n) is 2.21. The van der Waals surface area contributed by atoms with Crippen molar-refractivity contribution in [2.75, 3.05) is 0 Å². The zero-order valence-electron chi connectivity index (χ0n) is 6.20. The van der Waals surface area contributed by atoms with Crippen molar-refractivity contribution in [1.82, 2.24) is 0 Å². The first-order chi connectivity index (χ1) is 4.68. The minimum atomic E-state index is -0.658. The van der Waals surface area contributed by atoms with Gasteiger partial charge in [0.2, 0.25) is 0 Å². The predicted octanol–water partition coefficient (Wildman–Crippen LogP) is 0.860. The number of aliphatic hydroxyl groups excluding tert-OH is 2. The number of hydrogen-bond acceptors (Lipinski definition) is 2. The lowest BCUT2D eigenvalue weighted by Crippen LogP contribution is -2.21. The Bertz CT molecular complexity index is 116. The predicted molar refractivity (Wildman–Crippen MR) is 41.6 cm³/mol. The minimum Gasteiger partial charge on any atom is -0.391 e. The average Bonchev–Trinajstić information content (AvgIpc) is 1.88. The summed E-state index contributed by atoms with van der Waals surface area (Å²) in [6, 6.07) is 0. The lowest BCUT2D eigenvalue weighted by atomic mass is 10.1. The van der Waals surface area contributed by atoms with Crippen LogP contribution in [0.4, 0.5) is 0 Å². The van der Waals surface area contributed by atoms with Crippen LogP contribution in [0.15, 0.2) is 24.8 Å². The van der Waals surface area contributed by atoms with Crippen LogP contribution in [0.25, 0.3) is 0 Å². The van der Waals surface area contributed by atoms with Crippen LogP contribution < -0.4 is 0 Å². The van der Waals surface area contributed by atoms with E-state index in [1.165, 1.54) is 0 Å². The van der Waals surface area contributed by atoms with Crippen molar-refractivity contribution in [3.8, 4) is 0 Å². The van der Waals surface area contributed by atoms with Gasteiger partial charge in [-0.1, -0.05) is 24.8 Å². The van der Waals surface area contributed by atoms with Gasteiger partial charge in [0.25, 0.3) is 0 Å². The van der Waals surface area contributed by atoms with Gasteiger partial charge >= 0.3 is 0 Å². The van der Waals surface area contributed by atoms with Crippen molar-refractivity contribution < 1.29 is 10.2 Å². The summed E-state index contributed by atoms with van der Waals surface area (Å²) in [6.07, 6.45) is 4.31. The smallest absolute Gasteiger partial charge is 0.0830 e. The van der Waals surface area contributed by atoms with Crippen molar-refractivity contribution in [1.29, 1.82) is 0 Å². The molecular formula is C8H14O2. The zero-order valence-corrected chi connectivity index (χ0v) is 6.20. The highest BCUT2D eigenvalue weighted by Crippen LogP contribution is 1.98. The largest absolute Gasteiger partial charge is 0.391 e. The molecule has 2 nitrogen and oxygen atoms in total. The van der Waals surface area contributed by atoms with E-state index in [1.807, 2.05) is 0 Å². The van der Waals surface area contributed by atoms with Crippen molar-refractivity contribution in [2.45, 2.75) is 25.6 Å². The van der Waals surface area contributed by atoms with Crippen LogP contribution in [0, 0.1) is 0 Å². The maximum atomic E-state index is 9.02. The maximum absolute atomic E-state index is 9.02. The van der Waals surface area contributed by atoms with Crippen LogP contribution in [0.5, 0.6) is 0 Å². The molecule has 0 aliphatic heterocycles. The molecule has 0 bridgehead atoms. The molecule has 0 amide bonds. The Morgan fingerprint density at radius 1 is 1.50 bits per heavy atom. The molecule has 2 heteroatoms. The molecular weight excluding hydrogens is 128 g/mol. The first kappa shape index (κ1) is 9.40. The Hall–Kier alpha value is -0.600. The summed E-state index contributed by atoms with van der Waals surface area (Å²) in [5, 5.41) is 17.8. The molecule has 0 spiro atoms. The van der Waals surface area contributed by atoms with Crippen molar-refractivity contribution >= 4 is 0 Å². The third kappa shape index (κ3) is 4.30. The Morgan fingerprint density at radius 3 is 2.50 bits per heavy atom. The molecule has 0 aliphatic carbocycles. The number of rotatable bonds is 4. The normalized spacial score (nSPS) is 17.1. The number of aliphatic hydroxyl groups is 2. The van der Waals surface area contributed by atoms with E-state index in [2.05, 4.69) is 6.58 Å². The minimum absolute atomic E-state index is 0.476. The van der Waals surface area contributed by atoms with Crippen molar-refractivity contribution in [3.05, 3.63) is 24.8 Å². The van der Waals surface area contributed by atoms with Crippen LogP contribution >= 0.6 is 0 Å². The van der Waals surface area contributed by atoms with E-state index in [1.54, 1.807) is 25.2 Å². The average molecular weight is 142 g/mol. The topological polar surface area (TPSA) is 40.5 Å². The van der Waals surface area contributed by atoms with E-state index in [4.69, 9.17) is 10.2 Å². The van der Waals surface area contributed by atoms with E-state index in [0.717, 1.165) is 0 Å². The number of allylic oxidation sites excluding steroid dienone is 2. The fourth-order valence-corrected chi connectivity index (χ4v) is 0.511. The highest BCUT2D eigenvalue weighted by molar-refractivity contribution is 4.98. The molecule has 2 unspecified atom stereocenters. The van der Waals surface area contributed by atoms with Crippen LogP contribution in [0.2, 0.25) is 0 Å². The SMILES string of the molecule is C=C/C=C/CC(O)C(C)O. The molecule has 0 heterocycles. The van der Waals surface area contributed by atoms with E-state index >= 15 is 0 Å². The zero-order chi connectivity index (χ0) is 7.98. The van der Waals surface area contributed by atoms with Crippen LogP contribution in [-0.2, 0) is 0 Å². The van der Waals surface area contributed by atoms with Gasteiger partial charge in [0.1, 0.15) is 0 Å². The van der Waals surface area contributed by atoms with Gasteiger partial charge in [-0.2, -0.15) is 0 Å². The molecule has 10 heavy (non-hydrogen) atoms. The van der Waals surface area contributed by atoms with Crippen LogP contribution in [-0.4, -0.2) is 22.4 Å². The Labute approximate surface area is 61.5 Å². The van der Waals surface area contributed by atoms with E-state index < -0.39 is 12.2 Å². The second-order valence-corrected chi connectivity index (χ2v) is 2.21. The summed E-state index contributed by atoms with van der Waals surface area (Å²) in [4.78, 5) is 0. The standard InChI is InChI=1S/C8H14O2/c1-3-4-5-6-8(10)7(2)9/h3-5,7-10H,1,6H2,2H3/b5-4+. The number of hydrogen-bond donors (Lipinski definition) is 2. The molecule has 0 fully saturated rings. The summed E-state index contributed by atoms with van der Waals surface area (Å²) in [5.74, 6) is 0. The fourth-order valence-electron chi connectivity index (χ4n) is 0.511. The summed E-state index contributed by atoms with van der Waals surface area (Å²) < 4.78 is 0. The monoisotopic (exact) mass is 142 g/mol. The summed E-state index contributed by atoms with van der Waals surface area (Å²) in [5.41, 5.74) is 0. The first-order valence-corrected chi connectivity index (χ1v) is 3.32. The first-order valence-electron chi connectivity index (χ1n) is 3.32. The Balaban J connectivity index is 3.48. The van der Waals surface area contributed by atoms with Gasteiger partial charge in [-0.3, -0.25) is 0 Å². The quantitative estimate of drug-likeness (QED) is 0.571. The second kappa shape index (κ2) is 5.21. The molecule has 0 aromatic heterocycles. The Morgan fingerprint density at radius 2 is 2.10 bits per heavy atom. The molecule has 58 valence electrons. The van der Waals surface area contributed by atoms with E-state index in [0.29, 0.717) is 6.42 Å². The van der Waals surface area contributed by atoms with Gasteiger partial charge in [-0.25, -0.2) is 0 Å². The summed E-state index contributed by atoms with van der Waals surface area (Å²) in [6.45, 7) is 5.03. The summed E-state index contributed by atoms with van der Waals surface area (Å²) >= 11 is 0. The van der Waals surface area contributed by atoms with Gasteiger partial charge in [0, 0.05) is 0 Å². The molecule has 0 saturated heterocycles. The fraction of sp³-hybridized carbons (Fsp3) is 0.500. The van der Waals surface area contributed by atoms with Gasteiger partial charge in [-0.05, 0) is 13.3 Å². The van der Waals surface area contributed by atoms with Crippen molar-refractivity contribution in [3.63, 3.8) is 0 Å². The summed E-state index contributed by atoms with van der Waals surface area (Å²) in [7, 11) is 0. The molecule has 2 atom stereocenters. The van der Waals surface area contributed by atoms with Gasteiger partial charge in [0.05, 0.1) is 12.2 Å². The van der Waals surface area contributed by atoms with Crippen LogP contribution in [0.1, 0.15) is 13.3 Å². The maximum Gasteiger partial charge on any atom is 0.0830 e. The molecule has 0 aromatic carbocycles. The molecule has 0 saturated carbocycles. The molecule has 0 aromatic rings. The van der Waals surface area contributed by atoms with Crippen LogP contribution in [0.3, 0.4) is 0 Å². The van der Waals surface area contributed by atoms with Gasteiger partial charge in [0.15, 0.2) is 0 Å². The van der Waals surface area contributed by atoms with E-state index in [9.17, 15) is 0 Å². The van der Waals surface area contributed by atoms with E-state index in [-0.39, 0.29) is 0 Å². The molecule has 2 N–H and O–H groups in total. The molecule has 0 rings (SSSR count). The highest BCUT2D eigenvalue weighted by Gasteiger charge is 2.06. The van der Waals surface area contributed by atoms with Gasteiger partial charge < -0.3 is 10.2 Å². The van der Waals surface area contributed by atoms with Crippen molar-refractivity contribution in [2.24, 2.45) is 0 Å². The van der Waals surface area contributed by atoms with Gasteiger partial charge in [-0.15, -0.1) is 0 Å².